The summed E-state index contributed by atoms with van der Waals surface area (Å²) in [6.07, 6.45) is 8.09. The zero-order valence-electron chi connectivity index (χ0n) is 20.4. The summed E-state index contributed by atoms with van der Waals surface area (Å²) in [4.78, 5) is 39.0. The van der Waals surface area contributed by atoms with E-state index in [0.717, 1.165) is 30.7 Å². The number of amides is 1. The Morgan fingerprint density at radius 1 is 1.08 bits per heavy atom. The van der Waals surface area contributed by atoms with Crippen molar-refractivity contribution in [1.82, 2.24) is 19.4 Å². The summed E-state index contributed by atoms with van der Waals surface area (Å²) >= 11 is 0. The zero-order chi connectivity index (χ0) is 24.9. The Kier molecular flexibility index (Phi) is 7.46. The molecule has 9 heteroatoms. The van der Waals surface area contributed by atoms with E-state index in [2.05, 4.69) is 19.9 Å². The van der Waals surface area contributed by atoms with E-state index in [4.69, 9.17) is 4.74 Å². The van der Waals surface area contributed by atoms with Crippen molar-refractivity contribution in [2.45, 2.75) is 51.0 Å². The minimum Gasteiger partial charge on any atom is -0.481 e. The van der Waals surface area contributed by atoms with Gasteiger partial charge in [-0.3, -0.25) is 14.5 Å². The monoisotopic (exact) mass is 491 g/mol. The number of carboxylic acid groups (broad SMARTS) is 1. The number of rotatable bonds is 7. The third kappa shape index (κ3) is 5.51. The Bertz CT molecular complexity index is 1270. The fourth-order valence-electron chi connectivity index (χ4n) is 5.33. The first-order valence-electron chi connectivity index (χ1n) is 12.9. The van der Waals surface area contributed by atoms with Gasteiger partial charge in [-0.05, 0) is 63.7 Å². The average Bonchev–Trinajstić information content (AvgIpc) is 3.27. The van der Waals surface area contributed by atoms with Gasteiger partial charge in [0.1, 0.15) is 6.61 Å². The highest BCUT2D eigenvalue weighted by Crippen LogP contribution is 2.33. The zero-order valence-corrected chi connectivity index (χ0v) is 20.4. The number of aromatic nitrogens is 3. The van der Waals surface area contributed by atoms with Gasteiger partial charge in [0.05, 0.1) is 23.1 Å². The van der Waals surface area contributed by atoms with Crippen molar-refractivity contribution in [3.8, 4) is 5.88 Å². The second-order valence-corrected chi connectivity index (χ2v) is 9.74. The van der Waals surface area contributed by atoms with Gasteiger partial charge >= 0.3 is 5.97 Å². The topological polar surface area (TPSA) is 113 Å². The predicted molar refractivity (Wildman–Crippen MR) is 135 cm³/mol. The van der Waals surface area contributed by atoms with Crippen LogP contribution >= 0.6 is 0 Å². The van der Waals surface area contributed by atoms with E-state index < -0.39 is 5.97 Å². The number of likely N-dealkylation sites (tertiary alicyclic amines) is 1. The molecule has 1 saturated heterocycles. The number of piperidine rings is 1. The van der Waals surface area contributed by atoms with Crippen LogP contribution < -0.4 is 10.4 Å². The lowest BCUT2D eigenvalue weighted by atomic mass is 9.86. The van der Waals surface area contributed by atoms with Gasteiger partial charge in [-0.15, -0.1) is 0 Å². The molecule has 1 amide bonds. The SMILES string of the molecule is O=C(/N=c1\[nH]c2cnc(OCCN3CCCCC3)cc2n1C1CCC(C(=O)O)CC1)c1ccccc1. The summed E-state index contributed by atoms with van der Waals surface area (Å²) in [6.45, 7) is 3.68. The summed E-state index contributed by atoms with van der Waals surface area (Å²) in [7, 11) is 0. The fourth-order valence-corrected chi connectivity index (χ4v) is 5.33. The molecule has 0 radical (unpaired) electrons. The van der Waals surface area contributed by atoms with Gasteiger partial charge in [0.25, 0.3) is 5.91 Å². The van der Waals surface area contributed by atoms with Crippen LogP contribution in [0.25, 0.3) is 11.0 Å². The standard InChI is InChI=1S/C27H33N5O4/c33-25(19-7-3-1-4-8-19)30-27-29-22-18-28-24(36-16-15-31-13-5-2-6-14-31)17-23(22)32(27)21-11-9-20(10-12-21)26(34)35/h1,3-4,7-8,17-18,20-21H,2,5-6,9-16H2,(H,34,35)(H,29,30,33). The third-order valence-electron chi connectivity index (χ3n) is 7.34. The van der Waals surface area contributed by atoms with Crippen molar-refractivity contribution >= 4 is 22.9 Å². The van der Waals surface area contributed by atoms with Crippen LogP contribution in [0.5, 0.6) is 5.88 Å². The number of carboxylic acids is 1. The molecule has 5 rings (SSSR count). The number of benzene rings is 1. The number of pyridine rings is 1. The average molecular weight is 492 g/mol. The molecule has 9 nitrogen and oxygen atoms in total. The second-order valence-electron chi connectivity index (χ2n) is 9.74. The number of aliphatic carboxylic acids is 1. The maximum absolute atomic E-state index is 12.9. The molecule has 2 aliphatic rings. The number of ether oxygens (including phenoxy) is 1. The molecule has 2 fully saturated rings. The molecule has 2 aromatic heterocycles. The number of hydrogen-bond donors (Lipinski definition) is 2. The number of nitrogens with one attached hydrogen (secondary N) is 1. The number of imidazole rings is 1. The van der Waals surface area contributed by atoms with Gasteiger partial charge in [-0.25, -0.2) is 4.98 Å². The first kappa shape index (κ1) is 24.2. The highest BCUT2D eigenvalue weighted by atomic mass is 16.5. The summed E-state index contributed by atoms with van der Waals surface area (Å²) in [5.41, 5.74) is 2.58. The Morgan fingerprint density at radius 2 is 1.83 bits per heavy atom. The lowest BCUT2D eigenvalue weighted by molar-refractivity contribution is -0.143. The maximum Gasteiger partial charge on any atom is 0.306 e. The summed E-state index contributed by atoms with van der Waals surface area (Å²) in [6, 6.07) is 10.9. The van der Waals surface area contributed by atoms with Crippen molar-refractivity contribution in [2.75, 3.05) is 26.2 Å². The van der Waals surface area contributed by atoms with Crippen LogP contribution in [0, 0.1) is 5.92 Å². The van der Waals surface area contributed by atoms with Crippen LogP contribution in [0.15, 0.2) is 47.6 Å². The Balaban J connectivity index is 1.44. The van der Waals surface area contributed by atoms with Gasteiger partial charge in [0, 0.05) is 24.2 Å². The van der Waals surface area contributed by atoms with Gasteiger partial charge < -0.3 is 19.4 Å². The number of carbonyl (C=O) groups excluding carboxylic acids is 1. The van der Waals surface area contributed by atoms with Crippen LogP contribution in [0.4, 0.5) is 0 Å². The van der Waals surface area contributed by atoms with Gasteiger partial charge in [-0.2, -0.15) is 4.99 Å². The lowest BCUT2D eigenvalue weighted by Gasteiger charge is -2.27. The van der Waals surface area contributed by atoms with Crippen LogP contribution in [-0.4, -0.2) is 62.7 Å². The third-order valence-corrected chi connectivity index (χ3v) is 7.34. The van der Waals surface area contributed by atoms with Crippen molar-refractivity contribution in [1.29, 1.82) is 0 Å². The molecule has 0 bridgehead atoms. The molecule has 3 aromatic rings. The van der Waals surface area contributed by atoms with E-state index >= 15 is 0 Å². The smallest absolute Gasteiger partial charge is 0.306 e. The highest BCUT2D eigenvalue weighted by molar-refractivity contribution is 5.94. The first-order chi connectivity index (χ1) is 17.6. The molecular formula is C27H33N5O4. The molecule has 1 saturated carbocycles. The van der Waals surface area contributed by atoms with Gasteiger partial charge in [0.2, 0.25) is 11.5 Å². The number of fused-ring (bicyclic) bond motifs is 1. The van der Waals surface area contributed by atoms with Gasteiger partial charge in [-0.1, -0.05) is 24.6 Å². The summed E-state index contributed by atoms with van der Waals surface area (Å²) < 4.78 is 8.05. The van der Waals surface area contributed by atoms with Crippen LogP contribution in [-0.2, 0) is 4.79 Å². The van der Waals surface area contributed by atoms with E-state index in [-0.39, 0.29) is 17.9 Å². The largest absolute Gasteiger partial charge is 0.481 e. The molecular weight excluding hydrogens is 458 g/mol. The van der Waals surface area contributed by atoms with Crippen LogP contribution in [0.2, 0.25) is 0 Å². The molecule has 0 atom stereocenters. The van der Waals surface area contributed by atoms with E-state index in [1.54, 1.807) is 18.3 Å². The first-order valence-corrected chi connectivity index (χ1v) is 12.9. The van der Waals surface area contributed by atoms with E-state index in [1.165, 1.54) is 19.3 Å². The lowest BCUT2D eigenvalue weighted by Crippen LogP contribution is -2.33. The van der Waals surface area contributed by atoms with Crippen molar-refractivity contribution in [3.05, 3.63) is 53.8 Å². The van der Waals surface area contributed by atoms with Crippen molar-refractivity contribution < 1.29 is 19.4 Å². The molecule has 190 valence electrons. The van der Waals surface area contributed by atoms with E-state index in [0.29, 0.717) is 49.4 Å². The number of hydrogen-bond acceptors (Lipinski definition) is 5. The summed E-state index contributed by atoms with van der Waals surface area (Å²) in [5, 5.41) is 9.44. The van der Waals surface area contributed by atoms with E-state index in [1.807, 2.05) is 28.8 Å². The number of carbonyl (C=O) groups is 2. The predicted octanol–water partition coefficient (Wildman–Crippen LogP) is 3.79. The Hall–Kier alpha value is -3.46. The Labute approximate surface area is 209 Å². The van der Waals surface area contributed by atoms with Gasteiger partial charge in [0.15, 0.2) is 0 Å². The van der Waals surface area contributed by atoms with Crippen molar-refractivity contribution in [3.63, 3.8) is 0 Å². The normalized spacial score (nSPS) is 21.5. The molecule has 1 aliphatic heterocycles. The minimum atomic E-state index is -0.741. The Morgan fingerprint density at radius 3 is 2.56 bits per heavy atom. The molecule has 0 spiro atoms. The number of H-pyrrole nitrogens is 1. The molecule has 36 heavy (non-hydrogen) atoms. The molecule has 1 aliphatic carbocycles. The summed E-state index contributed by atoms with van der Waals surface area (Å²) in [5.74, 6) is -0.864. The highest BCUT2D eigenvalue weighted by Gasteiger charge is 2.28. The maximum atomic E-state index is 12.9. The molecule has 3 heterocycles. The van der Waals surface area contributed by atoms with Crippen LogP contribution in [0.1, 0.15) is 61.3 Å². The molecule has 0 unspecified atom stereocenters. The number of nitrogens with zero attached hydrogens (tertiary/aromatic N) is 4. The van der Waals surface area contributed by atoms with E-state index in [9.17, 15) is 14.7 Å². The van der Waals surface area contributed by atoms with Crippen LogP contribution in [0.3, 0.4) is 0 Å². The molecule has 2 N–H and O–H groups in total. The fraction of sp³-hybridized carbons (Fsp3) is 0.481. The van der Waals surface area contributed by atoms with Crippen molar-refractivity contribution in [2.24, 2.45) is 10.9 Å². The second kappa shape index (κ2) is 11.1. The quantitative estimate of drug-likeness (QED) is 0.520. The number of aromatic amines is 1. The minimum absolute atomic E-state index is 0.0280. The molecule has 1 aromatic carbocycles.